The number of carboxylic acid groups (broad SMARTS) is 1. The van der Waals surface area contributed by atoms with Gasteiger partial charge >= 0.3 is 5.97 Å². The molecule has 0 saturated carbocycles. The first-order valence-corrected chi connectivity index (χ1v) is 4.61. The van der Waals surface area contributed by atoms with Crippen LogP contribution < -0.4 is 0 Å². The molecule has 1 heterocycles. The van der Waals surface area contributed by atoms with Gasteiger partial charge in [0.15, 0.2) is 5.69 Å². The second-order valence-corrected chi connectivity index (χ2v) is 3.27. The maximum atomic E-state index is 10.9. The Morgan fingerprint density at radius 3 is 2.53 bits per heavy atom. The third-order valence-corrected chi connectivity index (χ3v) is 2.24. The summed E-state index contributed by atoms with van der Waals surface area (Å²) in [6.07, 6.45) is 1.37. The van der Waals surface area contributed by atoms with Gasteiger partial charge in [0, 0.05) is 17.7 Å². The lowest BCUT2D eigenvalue weighted by Gasteiger charge is -1.99. The molecule has 0 spiro atoms. The molecule has 7 nitrogen and oxygen atoms in total. The van der Waals surface area contributed by atoms with Crippen LogP contribution in [-0.4, -0.2) is 26.2 Å². The standard InChI is InChI=1S/C10H7N3O4/c14-10(15)9-8(5-11-12-9)6-1-3-7(4-2-6)13(16)17/h1-5H,(H,11,12)(H,14,15). The number of non-ortho nitro benzene ring substituents is 1. The van der Waals surface area contributed by atoms with Crippen molar-refractivity contribution in [1.29, 1.82) is 0 Å². The van der Waals surface area contributed by atoms with E-state index in [1.165, 1.54) is 30.5 Å². The topological polar surface area (TPSA) is 109 Å². The minimum Gasteiger partial charge on any atom is -0.477 e. The number of carboxylic acids is 1. The Morgan fingerprint density at radius 1 is 1.35 bits per heavy atom. The molecule has 86 valence electrons. The van der Waals surface area contributed by atoms with Crippen LogP contribution >= 0.6 is 0 Å². The number of rotatable bonds is 3. The number of H-pyrrole nitrogens is 1. The molecule has 0 fully saturated rings. The van der Waals surface area contributed by atoms with Gasteiger partial charge in [0.25, 0.3) is 5.69 Å². The van der Waals surface area contributed by atoms with Crippen LogP contribution in [0.3, 0.4) is 0 Å². The van der Waals surface area contributed by atoms with Crippen molar-refractivity contribution < 1.29 is 14.8 Å². The fraction of sp³-hybridized carbons (Fsp3) is 0. The van der Waals surface area contributed by atoms with Crippen LogP contribution in [0.1, 0.15) is 10.5 Å². The Labute approximate surface area is 94.9 Å². The molecular formula is C10H7N3O4. The fourth-order valence-corrected chi connectivity index (χ4v) is 1.43. The van der Waals surface area contributed by atoms with Crippen molar-refractivity contribution in [2.45, 2.75) is 0 Å². The van der Waals surface area contributed by atoms with Crippen LogP contribution in [0.25, 0.3) is 11.1 Å². The highest BCUT2D eigenvalue weighted by atomic mass is 16.6. The minimum atomic E-state index is -1.13. The Balaban J connectivity index is 2.43. The molecule has 0 bridgehead atoms. The highest BCUT2D eigenvalue weighted by Crippen LogP contribution is 2.24. The number of aromatic amines is 1. The van der Waals surface area contributed by atoms with E-state index in [2.05, 4.69) is 10.2 Å². The lowest BCUT2D eigenvalue weighted by molar-refractivity contribution is -0.384. The Bertz CT molecular complexity index is 573. The summed E-state index contributed by atoms with van der Waals surface area (Å²) in [5, 5.41) is 25.3. The van der Waals surface area contributed by atoms with Crippen molar-refractivity contribution in [3.05, 3.63) is 46.3 Å². The van der Waals surface area contributed by atoms with E-state index in [4.69, 9.17) is 5.11 Å². The Kier molecular flexibility index (Phi) is 2.57. The zero-order chi connectivity index (χ0) is 12.4. The van der Waals surface area contributed by atoms with Gasteiger partial charge in [-0.3, -0.25) is 15.2 Å². The fourth-order valence-electron chi connectivity index (χ4n) is 1.43. The monoisotopic (exact) mass is 233 g/mol. The van der Waals surface area contributed by atoms with Crippen molar-refractivity contribution in [3.8, 4) is 11.1 Å². The normalized spacial score (nSPS) is 10.1. The number of aromatic carboxylic acids is 1. The van der Waals surface area contributed by atoms with Crippen LogP contribution in [0.15, 0.2) is 30.5 Å². The molecule has 1 aromatic carbocycles. The maximum absolute atomic E-state index is 10.9. The second-order valence-electron chi connectivity index (χ2n) is 3.27. The lowest BCUT2D eigenvalue weighted by Crippen LogP contribution is -1.98. The molecule has 0 radical (unpaired) electrons. The van der Waals surface area contributed by atoms with Gasteiger partial charge in [0.05, 0.1) is 11.1 Å². The van der Waals surface area contributed by atoms with E-state index in [1.807, 2.05) is 0 Å². The van der Waals surface area contributed by atoms with Gasteiger partial charge in [0.2, 0.25) is 0 Å². The molecule has 2 N–H and O–H groups in total. The summed E-state index contributed by atoms with van der Waals surface area (Å²) in [6.45, 7) is 0. The highest BCUT2D eigenvalue weighted by molar-refractivity contribution is 5.93. The Morgan fingerprint density at radius 2 is 2.00 bits per heavy atom. The van der Waals surface area contributed by atoms with E-state index < -0.39 is 10.9 Å². The number of nitro groups is 1. The van der Waals surface area contributed by atoms with Crippen LogP contribution in [0.5, 0.6) is 0 Å². The third-order valence-electron chi connectivity index (χ3n) is 2.24. The Hall–Kier alpha value is -2.70. The van der Waals surface area contributed by atoms with Crippen molar-refractivity contribution in [2.24, 2.45) is 0 Å². The molecule has 17 heavy (non-hydrogen) atoms. The van der Waals surface area contributed by atoms with Gasteiger partial charge < -0.3 is 5.11 Å². The summed E-state index contributed by atoms with van der Waals surface area (Å²) in [5.41, 5.74) is 0.863. The highest BCUT2D eigenvalue weighted by Gasteiger charge is 2.14. The van der Waals surface area contributed by atoms with Crippen molar-refractivity contribution in [1.82, 2.24) is 10.2 Å². The number of aromatic nitrogens is 2. The second kappa shape index (κ2) is 4.05. The van der Waals surface area contributed by atoms with Gasteiger partial charge in [-0.2, -0.15) is 5.10 Å². The number of nitro benzene ring substituents is 1. The van der Waals surface area contributed by atoms with Crippen molar-refractivity contribution >= 4 is 11.7 Å². The van der Waals surface area contributed by atoms with Gasteiger partial charge in [-0.25, -0.2) is 4.79 Å². The molecule has 0 unspecified atom stereocenters. The van der Waals surface area contributed by atoms with Crippen LogP contribution in [0, 0.1) is 10.1 Å². The molecule has 0 saturated heterocycles. The molecule has 2 aromatic rings. The summed E-state index contributed by atoms with van der Waals surface area (Å²) in [5.74, 6) is -1.13. The minimum absolute atomic E-state index is 0.0427. The summed E-state index contributed by atoms with van der Waals surface area (Å²) < 4.78 is 0. The van der Waals surface area contributed by atoms with E-state index in [9.17, 15) is 14.9 Å². The number of nitrogens with one attached hydrogen (secondary N) is 1. The first-order valence-electron chi connectivity index (χ1n) is 4.61. The van der Waals surface area contributed by atoms with Crippen LogP contribution in [0.2, 0.25) is 0 Å². The number of benzene rings is 1. The molecule has 0 atom stereocenters. The van der Waals surface area contributed by atoms with Crippen molar-refractivity contribution in [3.63, 3.8) is 0 Å². The molecule has 0 aliphatic heterocycles. The van der Waals surface area contributed by atoms with E-state index in [0.29, 0.717) is 11.1 Å². The zero-order valence-corrected chi connectivity index (χ0v) is 8.45. The van der Waals surface area contributed by atoms with Crippen LogP contribution in [0.4, 0.5) is 5.69 Å². The van der Waals surface area contributed by atoms with Gasteiger partial charge in [-0.05, 0) is 17.7 Å². The number of carbonyl (C=O) groups is 1. The van der Waals surface area contributed by atoms with Crippen LogP contribution in [-0.2, 0) is 0 Å². The number of hydrogen-bond acceptors (Lipinski definition) is 4. The first kappa shape index (κ1) is 10.8. The summed E-state index contributed by atoms with van der Waals surface area (Å²) in [4.78, 5) is 20.8. The predicted octanol–water partition coefficient (Wildman–Crippen LogP) is 1.68. The van der Waals surface area contributed by atoms with Gasteiger partial charge in [-0.1, -0.05) is 0 Å². The average molecular weight is 233 g/mol. The quantitative estimate of drug-likeness (QED) is 0.619. The predicted molar refractivity (Wildman–Crippen MR) is 57.6 cm³/mol. The number of nitrogens with zero attached hydrogens (tertiary/aromatic N) is 2. The summed E-state index contributed by atoms with van der Waals surface area (Å²) >= 11 is 0. The van der Waals surface area contributed by atoms with Gasteiger partial charge in [0.1, 0.15) is 0 Å². The largest absolute Gasteiger partial charge is 0.477 e. The zero-order valence-electron chi connectivity index (χ0n) is 8.45. The molecular weight excluding hydrogens is 226 g/mol. The van der Waals surface area contributed by atoms with E-state index in [1.54, 1.807) is 0 Å². The van der Waals surface area contributed by atoms with Gasteiger partial charge in [-0.15, -0.1) is 0 Å². The first-order chi connectivity index (χ1) is 8.09. The summed E-state index contributed by atoms with van der Waals surface area (Å²) in [7, 11) is 0. The molecule has 0 aliphatic rings. The molecule has 1 aromatic heterocycles. The molecule has 0 aliphatic carbocycles. The molecule has 7 heteroatoms. The maximum Gasteiger partial charge on any atom is 0.354 e. The van der Waals surface area contributed by atoms with E-state index in [0.717, 1.165) is 0 Å². The SMILES string of the molecule is O=C(O)c1[nH]ncc1-c1ccc([N+](=O)[O-])cc1. The lowest BCUT2D eigenvalue weighted by atomic mass is 10.1. The van der Waals surface area contributed by atoms with E-state index >= 15 is 0 Å². The smallest absolute Gasteiger partial charge is 0.354 e. The molecule has 0 amide bonds. The summed E-state index contributed by atoms with van der Waals surface area (Å²) in [6, 6.07) is 5.59. The molecule has 2 rings (SSSR count). The van der Waals surface area contributed by atoms with E-state index in [-0.39, 0.29) is 11.4 Å². The number of hydrogen-bond donors (Lipinski definition) is 2. The average Bonchev–Trinajstić information content (AvgIpc) is 2.78. The van der Waals surface area contributed by atoms with Crippen molar-refractivity contribution in [2.75, 3.05) is 0 Å². The third kappa shape index (κ3) is 1.98.